The van der Waals surface area contributed by atoms with Gasteiger partial charge < -0.3 is 10.1 Å². The topological polar surface area (TPSA) is 98.5 Å². The van der Waals surface area contributed by atoms with E-state index >= 15 is 0 Å². The minimum Gasteiger partial charge on any atom is -0.466 e. The number of fused-ring (bicyclic) bond motifs is 1. The van der Waals surface area contributed by atoms with E-state index in [-0.39, 0.29) is 29.2 Å². The first-order valence-electron chi connectivity index (χ1n) is 6.58. The summed E-state index contributed by atoms with van der Waals surface area (Å²) in [5, 5.41) is 13.6. The highest BCUT2D eigenvalue weighted by atomic mass is 16.6. The molecule has 0 fully saturated rings. The van der Waals surface area contributed by atoms with E-state index in [0.717, 1.165) is 11.1 Å². The zero-order chi connectivity index (χ0) is 15.6. The molecule has 2 rings (SSSR count). The van der Waals surface area contributed by atoms with Crippen LogP contribution >= 0.6 is 0 Å². The second kappa shape index (κ2) is 5.90. The van der Waals surface area contributed by atoms with Gasteiger partial charge in [0, 0.05) is 25.8 Å². The number of benzene rings is 1. The Hall–Kier alpha value is -2.44. The molecule has 1 amide bonds. The van der Waals surface area contributed by atoms with Crippen molar-refractivity contribution in [3.05, 3.63) is 33.4 Å². The molecule has 0 radical (unpaired) electrons. The van der Waals surface area contributed by atoms with Crippen molar-refractivity contribution >= 4 is 23.3 Å². The van der Waals surface area contributed by atoms with Gasteiger partial charge in [0.2, 0.25) is 5.91 Å². The van der Waals surface area contributed by atoms with Gasteiger partial charge in [0.05, 0.1) is 11.5 Å². The van der Waals surface area contributed by atoms with Crippen LogP contribution < -0.4 is 5.32 Å². The summed E-state index contributed by atoms with van der Waals surface area (Å²) in [4.78, 5) is 32.5. The van der Waals surface area contributed by atoms with Gasteiger partial charge in [0.1, 0.15) is 5.69 Å². The Balaban J connectivity index is 2.23. The van der Waals surface area contributed by atoms with Gasteiger partial charge in [-0.05, 0) is 30.0 Å². The molecule has 1 aromatic rings. The Morgan fingerprint density at radius 1 is 1.33 bits per heavy atom. The van der Waals surface area contributed by atoms with E-state index in [4.69, 9.17) is 4.74 Å². The standard InChI is InChI=1S/C14H16N2O5/c1-8(17)15-13-5-11-3-10(7-21-9(2)18)4-12(11)6-14(13)16(19)20/h5-6,10H,3-4,7H2,1-2H3,(H,15,17). The molecule has 0 heterocycles. The lowest BCUT2D eigenvalue weighted by Crippen LogP contribution is -2.12. The quantitative estimate of drug-likeness (QED) is 0.518. The van der Waals surface area contributed by atoms with Crippen LogP contribution in [0.15, 0.2) is 12.1 Å². The molecular weight excluding hydrogens is 276 g/mol. The molecule has 0 bridgehead atoms. The van der Waals surface area contributed by atoms with Crippen LogP contribution in [0.3, 0.4) is 0 Å². The number of nitrogens with one attached hydrogen (secondary N) is 1. The van der Waals surface area contributed by atoms with Crippen LogP contribution in [0.1, 0.15) is 25.0 Å². The van der Waals surface area contributed by atoms with Gasteiger partial charge in [-0.3, -0.25) is 19.7 Å². The first-order valence-corrected chi connectivity index (χ1v) is 6.58. The zero-order valence-corrected chi connectivity index (χ0v) is 11.8. The van der Waals surface area contributed by atoms with Crippen molar-refractivity contribution in [2.75, 3.05) is 11.9 Å². The summed E-state index contributed by atoms with van der Waals surface area (Å²) in [6, 6.07) is 3.14. The highest BCUT2D eigenvalue weighted by Gasteiger charge is 2.27. The van der Waals surface area contributed by atoms with Crippen molar-refractivity contribution in [2.45, 2.75) is 26.7 Å². The van der Waals surface area contributed by atoms with Crippen molar-refractivity contribution in [1.29, 1.82) is 0 Å². The third-order valence-corrected chi connectivity index (χ3v) is 3.36. The first-order chi connectivity index (χ1) is 9.86. The van der Waals surface area contributed by atoms with Crippen LogP contribution in [0.25, 0.3) is 0 Å². The zero-order valence-electron chi connectivity index (χ0n) is 11.8. The molecule has 21 heavy (non-hydrogen) atoms. The Morgan fingerprint density at radius 3 is 2.48 bits per heavy atom. The molecule has 112 valence electrons. The summed E-state index contributed by atoms with van der Waals surface area (Å²) in [6.07, 6.45) is 1.30. The van der Waals surface area contributed by atoms with Crippen LogP contribution in [0.2, 0.25) is 0 Å². The van der Waals surface area contributed by atoms with Crippen molar-refractivity contribution in [3.63, 3.8) is 0 Å². The number of hydrogen-bond donors (Lipinski definition) is 1. The molecule has 1 atom stereocenters. The fourth-order valence-corrected chi connectivity index (χ4v) is 2.54. The Labute approximate surface area is 121 Å². The van der Waals surface area contributed by atoms with Crippen LogP contribution in [-0.4, -0.2) is 23.4 Å². The number of rotatable bonds is 4. The van der Waals surface area contributed by atoms with Gasteiger partial charge in [-0.1, -0.05) is 0 Å². The van der Waals surface area contributed by atoms with E-state index < -0.39 is 4.92 Å². The highest BCUT2D eigenvalue weighted by Crippen LogP contribution is 2.35. The first kappa shape index (κ1) is 15.0. The number of carbonyl (C=O) groups excluding carboxylic acids is 2. The molecule has 1 aliphatic carbocycles. The molecule has 0 aliphatic heterocycles. The van der Waals surface area contributed by atoms with Crippen LogP contribution in [0.5, 0.6) is 0 Å². The maximum Gasteiger partial charge on any atom is 0.302 e. The molecule has 1 aliphatic rings. The number of anilines is 1. The summed E-state index contributed by atoms with van der Waals surface area (Å²) in [5.41, 5.74) is 1.91. The van der Waals surface area contributed by atoms with Crippen molar-refractivity contribution in [1.82, 2.24) is 0 Å². The van der Waals surface area contributed by atoms with Crippen LogP contribution in [-0.2, 0) is 27.2 Å². The summed E-state index contributed by atoms with van der Waals surface area (Å²) in [6.45, 7) is 2.95. The lowest BCUT2D eigenvalue weighted by atomic mass is 10.1. The van der Waals surface area contributed by atoms with Gasteiger partial charge in [-0.15, -0.1) is 0 Å². The lowest BCUT2D eigenvalue weighted by Gasteiger charge is -2.07. The number of ether oxygens (including phenoxy) is 1. The monoisotopic (exact) mass is 292 g/mol. The number of hydrogen-bond acceptors (Lipinski definition) is 5. The van der Waals surface area contributed by atoms with Gasteiger partial charge in [-0.2, -0.15) is 0 Å². The highest BCUT2D eigenvalue weighted by molar-refractivity contribution is 5.91. The summed E-state index contributed by atoms with van der Waals surface area (Å²) in [5.74, 6) is -0.570. The molecule has 7 heteroatoms. The number of nitro benzene ring substituents is 1. The molecule has 1 unspecified atom stereocenters. The lowest BCUT2D eigenvalue weighted by molar-refractivity contribution is -0.384. The average molecular weight is 292 g/mol. The Morgan fingerprint density at radius 2 is 1.95 bits per heavy atom. The average Bonchev–Trinajstić information content (AvgIpc) is 2.76. The van der Waals surface area contributed by atoms with E-state index in [1.54, 1.807) is 6.07 Å². The predicted octanol–water partition coefficient (Wildman–Crippen LogP) is 1.83. The molecule has 0 aromatic heterocycles. The second-order valence-corrected chi connectivity index (χ2v) is 5.15. The van der Waals surface area contributed by atoms with E-state index in [9.17, 15) is 19.7 Å². The Kier molecular flexibility index (Phi) is 4.21. The van der Waals surface area contributed by atoms with Crippen molar-refractivity contribution < 1.29 is 19.2 Å². The van der Waals surface area contributed by atoms with Crippen molar-refractivity contribution in [2.24, 2.45) is 5.92 Å². The minimum atomic E-state index is -0.509. The predicted molar refractivity (Wildman–Crippen MR) is 74.9 cm³/mol. The minimum absolute atomic E-state index is 0.114. The van der Waals surface area contributed by atoms with Crippen LogP contribution in [0, 0.1) is 16.0 Å². The van der Waals surface area contributed by atoms with Gasteiger partial charge >= 0.3 is 5.97 Å². The van der Waals surface area contributed by atoms with Crippen LogP contribution in [0.4, 0.5) is 11.4 Å². The van der Waals surface area contributed by atoms with E-state index in [1.165, 1.54) is 19.9 Å². The van der Waals surface area contributed by atoms with Gasteiger partial charge in [-0.25, -0.2) is 0 Å². The molecule has 0 spiro atoms. The number of nitrogens with zero attached hydrogens (tertiary/aromatic N) is 1. The fraction of sp³-hybridized carbons (Fsp3) is 0.429. The summed E-state index contributed by atoms with van der Waals surface area (Å²) in [7, 11) is 0. The fourth-order valence-electron chi connectivity index (χ4n) is 2.54. The van der Waals surface area contributed by atoms with Crippen molar-refractivity contribution in [3.8, 4) is 0 Å². The second-order valence-electron chi connectivity index (χ2n) is 5.15. The molecule has 7 nitrogen and oxygen atoms in total. The number of carbonyl (C=O) groups is 2. The van der Waals surface area contributed by atoms with Gasteiger partial charge in [0.25, 0.3) is 5.69 Å². The summed E-state index contributed by atoms with van der Waals surface area (Å²) < 4.78 is 4.99. The number of esters is 1. The maximum atomic E-state index is 11.1. The SMILES string of the molecule is CC(=O)Nc1cc2c(cc1[N+](=O)[O-])CC(COC(C)=O)C2. The largest absolute Gasteiger partial charge is 0.466 e. The molecule has 1 aromatic carbocycles. The van der Waals surface area contributed by atoms with Gasteiger partial charge in [0.15, 0.2) is 0 Å². The number of amides is 1. The maximum absolute atomic E-state index is 11.1. The van der Waals surface area contributed by atoms with E-state index in [1.807, 2.05) is 0 Å². The third kappa shape index (κ3) is 3.56. The molecule has 1 N–H and O–H groups in total. The molecular formula is C14H16N2O5. The molecule has 0 saturated heterocycles. The Bertz CT molecular complexity index is 612. The smallest absolute Gasteiger partial charge is 0.302 e. The van der Waals surface area contributed by atoms with E-state index in [2.05, 4.69) is 5.32 Å². The summed E-state index contributed by atoms with van der Waals surface area (Å²) >= 11 is 0. The van der Waals surface area contributed by atoms with E-state index in [0.29, 0.717) is 19.4 Å². The normalized spacial score (nSPS) is 16.2. The molecule has 0 saturated carbocycles. The number of nitro groups is 1. The third-order valence-electron chi connectivity index (χ3n) is 3.36.